The van der Waals surface area contributed by atoms with Crippen LogP contribution in [0.5, 0.6) is 0 Å². The maximum Gasteiger partial charge on any atom is 0.247 e. The van der Waals surface area contributed by atoms with Gasteiger partial charge in [-0.1, -0.05) is 6.92 Å². The first-order chi connectivity index (χ1) is 4.22. The Labute approximate surface area is 54.2 Å². The van der Waals surface area contributed by atoms with Gasteiger partial charge in [-0.05, 0) is 7.05 Å². The van der Waals surface area contributed by atoms with Gasteiger partial charge in [-0.2, -0.15) is 0 Å². The minimum Gasteiger partial charge on any atom is -0.319 e. The van der Waals surface area contributed by atoms with Crippen molar-refractivity contribution in [2.75, 3.05) is 13.6 Å². The lowest BCUT2D eigenvalue weighted by atomic mass is 10.2. The molecule has 0 radical (unpaired) electrons. The van der Waals surface area contributed by atoms with E-state index in [9.17, 15) is 4.79 Å². The third-order valence-corrected chi connectivity index (χ3v) is 1.07. The topological polar surface area (TPSA) is 61.4 Å². The molecule has 0 heterocycles. The predicted octanol–water partition coefficient (Wildman–Crippen LogP) is -0.653. The van der Waals surface area contributed by atoms with Gasteiger partial charge in [0.1, 0.15) is 0 Å². The second-order valence-electron chi connectivity index (χ2n) is 1.93. The van der Waals surface area contributed by atoms with Gasteiger partial charge in [0.05, 0.1) is 0 Å². The Balaban J connectivity index is 3.45. The zero-order chi connectivity index (χ0) is 7.28. The SMILES string of the molecule is CNCC(C)C(=O)NO. The predicted molar refractivity (Wildman–Crippen MR) is 33.0 cm³/mol. The Morgan fingerprint density at radius 2 is 2.33 bits per heavy atom. The van der Waals surface area contributed by atoms with Gasteiger partial charge in [0.25, 0.3) is 0 Å². The van der Waals surface area contributed by atoms with Crippen molar-refractivity contribution in [1.82, 2.24) is 10.8 Å². The van der Waals surface area contributed by atoms with Gasteiger partial charge in [0, 0.05) is 12.5 Å². The third-order valence-electron chi connectivity index (χ3n) is 1.07. The molecule has 0 aromatic carbocycles. The summed E-state index contributed by atoms with van der Waals surface area (Å²) in [6.45, 7) is 2.30. The van der Waals surface area contributed by atoms with Gasteiger partial charge in [0.2, 0.25) is 5.91 Å². The van der Waals surface area contributed by atoms with Crippen molar-refractivity contribution in [3.8, 4) is 0 Å². The van der Waals surface area contributed by atoms with E-state index in [1.807, 2.05) is 0 Å². The van der Waals surface area contributed by atoms with Crippen molar-refractivity contribution in [2.24, 2.45) is 5.92 Å². The van der Waals surface area contributed by atoms with Crippen molar-refractivity contribution in [2.45, 2.75) is 6.92 Å². The van der Waals surface area contributed by atoms with E-state index in [2.05, 4.69) is 5.32 Å². The summed E-state index contributed by atoms with van der Waals surface area (Å²) in [6.07, 6.45) is 0. The molecule has 0 bridgehead atoms. The summed E-state index contributed by atoms with van der Waals surface area (Å²) in [5.74, 6) is -0.538. The van der Waals surface area contributed by atoms with Crippen LogP contribution in [0, 0.1) is 5.92 Å². The fraction of sp³-hybridized carbons (Fsp3) is 0.800. The number of hydrogen-bond donors (Lipinski definition) is 3. The molecule has 0 aromatic rings. The standard InChI is InChI=1S/C5H12N2O2/c1-4(3-6-2)5(8)7-9/h4,6,9H,3H2,1-2H3,(H,7,8). The van der Waals surface area contributed by atoms with Gasteiger partial charge in [-0.25, -0.2) is 5.48 Å². The van der Waals surface area contributed by atoms with Crippen molar-refractivity contribution in [1.29, 1.82) is 0 Å². The molecule has 1 atom stereocenters. The number of amides is 1. The average molecular weight is 132 g/mol. The Morgan fingerprint density at radius 3 is 2.67 bits per heavy atom. The first kappa shape index (κ1) is 8.39. The van der Waals surface area contributed by atoms with Crippen LogP contribution in [-0.4, -0.2) is 24.7 Å². The van der Waals surface area contributed by atoms with Gasteiger partial charge in [-0.15, -0.1) is 0 Å². The summed E-state index contributed by atoms with van der Waals surface area (Å²) in [5.41, 5.74) is 1.57. The molecule has 0 aliphatic rings. The molecule has 0 aliphatic heterocycles. The number of carbonyl (C=O) groups excluding carboxylic acids is 1. The lowest BCUT2D eigenvalue weighted by Crippen LogP contribution is -2.32. The molecule has 4 heteroatoms. The third kappa shape index (κ3) is 3.05. The van der Waals surface area contributed by atoms with E-state index in [4.69, 9.17) is 5.21 Å². The van der Waals surface area contributed by atoms with Crippen molar-refractivity contribution in [3.05, 3.63) is 0 Å². The maximum atomic E-state index is 10.5. The largest absolute Gasteiger partial charge is 0.319 e. The molecule has 4 nitrogen and oxygen atoms in total. The number of hydroxylamine groups is 1. The molecule has 0 rings (SSSR count). The van der Waals surface area contributed by atoms with Crippen LogP contribution in [0.2, 0.25) is 0 Å². The van der Waals surface area contributed by atoms with Crippen LogP contribution in [0.15, 0.2) is 0 Å². The fourth-order valence-corrected chi connectivity index (χ4v) is 0.509. The van der Waals surface area contributed by atoms with Crippen molar-refractivity contribution < 1.29 is 10.0 Å². The highest BCUT2D eigenvalue weighted by atomic mass is 16.5. The molecular weight excluding hydrogens is 120 g/mol. The summed E-state index contributed by atoms with van der Waals surface area (Å²) < 4.78 is 0. The Kier molecular flexibility index (Phi) is 4.00. The molecule has 0 aliphatic carbocycles. The normalized spacial score (nSPS) is 12.8. The van der Waals surface area contributed by atoms with Crippen LogP contribution in [0.4, 0.5) is 0 Å². The molecule has 0 saturated heterocycles. The Bertz CT molecular complexity index is 95.0. The quantitative estimate of drug-likeness (QED) is 0.353. The molecule has 9 heavy (non-hydrogen) atoms. The summed E-state index contributed by atoms with van der Waals surface area (Å²) >= 11 is 0. The summed E-state index contributed by atoms with van der Waals surface area (Å²) in [4.78, 5) is 10.5. The minimum absolute atomic E-state index is 0.181. The molecule has 0 aromatic heterocycles. The number of hydrogen-bond acceptors (Lipinski definition) is 3. The van der Waals surface area contributed by atoms with E-state index < -0.39 is 0 Å². The van der Waals surface area contributed by atoms with Gasteiger partial charge in [0.15, 0.2) is 0 Å². The van der Waals surface area contributed by atoms with Crippen LogP contribution in [0.25, 0.3) is 0 Å². The minimum atomic E-state index is -0.357. The zero-order valence-corrected chi connectivity index (χ0v) is 5.64. The lowest BCUT2D eigenvalue weighted by molar-refractivity contribution is -0.132. The van der Waals surface area contributed by atoms with Crippen LogP contribution in [0.3, 0.4) is 0 Å². The van der Waals surface area contributed by atoms with E-state index in [0.29, 0.717) is 6.54 Å². The molecule has 3 N–H and O–H groups in total. The van der Waals surface area contributed by atoms with Crippen LogP contribution in [0.1, 0.15) is 6.92 Å². The Hall–Kier alpha value is -0.610. The van der Waals surface area contributed by atoms with E-state index in [-0.39, 0.29) is 11.8 Å². The number of rotatable bonds is 3. The fourth-order valence-electron chi connectivity index (χ4n) is 0.509. The molecule has 0 saturated carbocycles. The molecule has 1 unspecified atom stereocenters. The summed E-state index contributed by atoms with van der Waals surface area (Å²) in [7, 11) is 1.75. The van der Waals surface area contributed by atoms with Crippen LogP contribution >= 0.6 is 0 Å². The highest BCUT2D eigenvalue weighted by molar-refractivity contribution is 5.77. The van der Waals surface area contributed by atoms with E-state index in [1.165, 1.54) is 0 Å². The molecule has 1 amide bonds. The average Bonchev–Trinajstić information content (AvgIpc) is 1.87. The highest BCUT2D eigenvalue weighted by Crippen LogP contribution is 1.89. The first-order valence-electron chi connectivity index (χ1n) is 2.81. The lowest BCUT2D eigenvalue weighted by Gasteiger charge is -2.06. The molecule has 54 valence electrons. The van der Waals surface area contributed by atoms with Crippen molar-refractivity contribution in [3.63, 3.8) is 0 Å². The van der Waals surface area contributed by atoms with Gasteiger partial charge < -0.3 is 5.32 Å². The highest BCUT2D eigenvalue weighted by Gasteiger charge is 2.08. The monoisotopic (exact) mass is 132 g/mol. The molecular formula is C5H12N2O2. The van der Waals surface area contributed by atoms with Crippen LogP contribution < -0.4 is 10.8 Å². The van der Waals surface area contributed by atoms with E-state index >= 15 is 0 Å². The second-order valence-corrected chi connectivity index (χ2v) is 1.93. The zero-order valence-electron chi connectivity index (χ0n) is 5.64. The van der Waals surface area contributed by atoms with Gasteiger partial charge in [-0.3, -0.25) is 10.0 Å². The maximum absolute atomic E-state index is 10.5. The molecule has 0 fully saturated rings. The second kappa shape index (κ2) is 4.29. The first-order valence-corrected chi connectivity index (χ1v) is 2.81. The van der Waals surface area contributed by atoms with Crippen LogP contribution in [-0.2, 0) is 4.79 Å². The Morgan fingerprint density at radius 1 is 1.78 bits per heavy atom. The van der Waals surface area contributed by atoms with Crippen molar-refractivity contribution >= 4 is 5.91 Å². The van der Waals surface area contributed by atoms with Gasteiger partial charge >= 0.3 is 0 Å². The summed E-state index contributed by atoms with van der Waals surface area (Å²) in [6, 6.07) is 0. The summed E-state index contributed by atoms with van der Waals surface area (Å²) in [5, 5.41) is 10.9. The number of carbonyl (C=O) groups is 1. The van der Waals surface area contributed by atoms with E-state index in [0.717, 1.165) is 0 Å². The smallest absolute Gasteiger partial charge is 0.247 e. The molecule has 0 spiro atoms. The van der Waals surface area contributed by atoms with E-state index in [1.54, 1.807) is 19.5 Å². The number of nitrogens with one attached hydrogen (secondary N) is 2.